The first kappa shape index (κ1) is 34.0. The summed E-state index contributed by atoms with van der Waals surface area (Å²) in [5.41, 5.74) is -0.704. The molecule has 4 aromatic rings. The topological polar surface area (TPSA) is 109 Å². The fourth-order valence-corrected chi connectivity index (χ4v) is 5.45. The first-order valence-corrected chi connectivity index (χ1v) is 15.3. The predicted molar refractivity (Wildman–Crippen MR) is 176 cm³/mol. The quantitative estimate of drug-likeness (QED) is 0.146. The van der Waals surface area contributed by atoms with E-state index in [2.05, 4.69) is 39.1 Å². The van der Waals surface area contributed by atoms with E-state index in [1.807, 2.05) is 0 Å². The Labute approximate surface area is 275 Å². The number of amides is 1. The molecule has 0 aliphatic carbocycles. The summed E-state index contributed by atoms with van der Waals surface area (Å²) < 4.78 is 51.8. The number of likely N-dealkylation sites (tertiary alicyclic amines) is 1. The van der Waals surface area contributed by atoms with Gasteiger partial charge < -0.3 is 30.1 Å². The molecule has 47 heavy (non-hydrogen) atoms. The van der Waals surface area contributed by atoms with E-state index >= 15 is 0 Å². The third-order valence-electron chi connectivity index (χ3n) is 7.87. The van der Waals surface area contributed by atoms with Gasteiger partial charge in [-0.25, -0.2) is 9.97 Å². The lowest BCUT2D eigenvalue weighted by Gasteiger charge is -2.29. The van der Waals surface area contributed by atoms with E-state index in [9.17, 15) is 23.1 Å². The van der Waals surface area contributed by atoms with Gasteiger partial charge in [-0.05, 0) is 95.2 Å². The number of anilines is 3. The fourth-order valence-electron chi connectivity index (χ4n) is 5.25. The summed E-state index contributed by atoms with van der Waals surface area (Å²) in [5, 5.41) is 17.7. The van der Waals surface area contributed by atoms with Crippen LogP contribution in [0.15, 0.2) is 67.5 Å². The monoisotopic (exact) mass is 669 g/mol. The number of carbonyl (C=O) groups is 1. The van der Waals surface area contributed by atoms with Gasteiger partial charge in [-0.3, -0.25) is 4.79 Å². The van der Waals surface area contributed by atoms with Crippen LogP contribution in [-0.4, -0.2) is 52.6 Å². The van der Waals surface area contributed by atoms with Gasteiger partial charge in [0.1, 0.15) is 29.4 Å². The average Bonchev–Trinajstić information content (AvgIpc) is 3.01. The van der Waals surface area contributed by atoms with Crippen molar-refractivity contribution in [3.8, 4) is 17.2 Å². The van der Waals surface area contributed by atoms with Crippen LogP contribution < -0.4 is 20.1 Å². The van der Waals surface area contributed by atoms with Crippen LogP contribution in [0.2, 0.25) is 5.02 Å². The van der Waals surface area contributed by atoms with E-state index in [-0.39, 0.29) is 16.5 Å². The zero-order valence-electron chi connectivity index (χ0n) is 26.1. The summed E-state index contributed by atoms with van der Waals surface area (Å²) in [4.78, 5) is 23.5. The summed E-state index contributed by atoms with van der Waals surface area (Å²) in [6, 6.07) is 10.8. The molecule has 1 amide bonds. The van der Waals surface area contributed by atoms with Gasteiger partial charge >= 0.3 is 6.18 Å². The van der Waals surface area contributed by atoms with Crippen molar-refractivity contribution in [2.24, 2.45) is 5.92 Å². The molecule has 0 atom stereocenters. The molecule has 5 rings (SSSR count). The summed E-state index contributed by atoms with van der Waals surface area (Å²) in [5.74, 6) is 0.702. The Morgan fingerprint density at radius 3 is 2.53 bits per heavy atom. The van der Waals surface area contributed by atoms with Crippen molar-refractivity contribution in [1.82, 2.24) is 14.9 Å². The van der Waals surface area contributed by atoms with Crippen molar-refractivity contribution < 1.29 is 32.5 Å². The lowest BCUT2D eigenvalue weighted by Crippen LogP contribution is -2.32. The van der Waals surface area contributed by atoms with Crippen LogP contribution >= 0.6 is 11.6 Å². The van der Waals surface area contributed by atoms with Gasteiger partial charge in [-0.2, -0.15) is 13.2 Å². The van der Waals surface area contributed by atoms with Gasteiger partial charge in [0.25, 0.3) is 0 Å². The second-order valence-corrected chi connectivity index (χ2v) is 12.4. The Hall–Kier alpha value is -4.39. The number of piperidine rings is 1. The number of hydrogen-bond acceptors (Lipinski definition) is 8. The van der Waals surface area contributed by atoms with E-state index in [4.69, 9.17) is 21.1 Å². The number of nitrogens with zero attached hydrogens (tertiary/aromatic N) is 3. The average molecular weight is 670 g/mol. The van der Waals surface area contributed by atoms with E-state index in [1.54, 1.807) is 26.0 Å². The highest BCUT2D eigenvalue weighted by atomic mass is 35.5. The standard InChI is InChI=1S/C34H35ClF3N5O4/c1-5-31(44)41-28-14-23-26(17-30(28)46-18-20-9-11-43(4)12-10-20)39-19-40-32(23)42-27-16-25(35)29(15-24(27)33(2,3)45)47-22-8-6-7-21(13-22)34(36,37)38/h5-8,13-17,19-20,45H,1,9-12,18H2,2-4H3,(H,41,44)(H,39,40,42). The lowest BCUT2D eigenvalue weighted by atomic mass is 9.96. The number of benzene rings is 3. The number of nitrogens with one attached hydrogen (secondary N) is 2. The fraction of sp³-hybridized carbons (Fsp3) is 0.324. The minimum Gasteiger partial charge on any atom is -0.491 e. The highest BCUT2D eigenvalue weighted by Crippen LogP contribution is 2.42. The number of aromatic nitrogens is 2. The van der Waals surface area contributed by atoms with Crippen LogP contribution in [0, 0.1) is 5.92 Å². The molecule has 1 fully saturated rings. The van der Waals surface area contributed by atoms with E-state index in [1.165, 1.54) is 30.6 Å². The second kappa shape index (κ2) is 13.8. The first-order valence-electron chi connectivity index (χ1n) is 14.9. The molecule has 0 unspecified atom stereocenters. The molecule has 1 aliphatic heterocycles. The van der Waals surface area contributed by atoms with Gasteiger partial charge in [-0.15, -0.1) is 0 Å². The van der Waals surface area contributed by atoms with Crippen LogP contribution in [0.4, 0.5) is 30.4 Å². The maximum absolute atomic E-state index is 13.3. The Kier molecular flexibility index (Phi) is 9.94. The number of rotatable bonds is 10. The zero-order chi connectivity index (χ0) is 33.9. The highest BCUT2D eigenvalue weighted by Gasteiger charge is 2.31. The normalized spacial score (nSPS) is 14.6. The van der Waals surface area contributed by atoms with Gasteiger partial charge in [-0.1, -0.05) is 24.2 Å². The maximum atomic E-state index is 13.3. The second-order valence-electron chi connectivity index (χ2n) is 12.0. The maximum Gasteiger partial charge on any atom is 0.416 e. The first-order chi connectivity index (χ1) is 22.2. The SMILES string of the molecule is C=CC(=O)Nc1cc2c(Nc3cc(Cl)c(Oc4cccc(C(F)(F)F)c4)cc3C(C)(C)O)ncnc2cc1OCC1CCN(C)CC1. The minimum absolute atomic E-state index is 0.0436. The molecule has 9 nitrogen and oxygen atoms in total. The summed E-state index contributed by atoms with van der Waals surface area (Å²) in [6.45, 7) is 9.10. The van der Waals surface area contributed by atoms with Crippen molar-refractivity contribution in [3.63, 3.8) is 0 Å². The summed E-state index contributed by atoms with van der Waals surface area (Å²) >= 11 is 6.56. The third-order valence-corrected chi connectivity index (χ3v) is 8.16. The molecule has 3 N–H and O–H groups in total. The van der Waals surface area contributed by atoms with Gasteiger partial charge in [0.15, 0.2) is 0 Å². The molecule has 248 valence electrons. The van der Waals surface area contributed by atoms with Crippen LogP contribution in [0.5, 0.6) is 17.2 Å². The number of halogens is 4. The molecule has 0 bridgehead atoms. The van der Waals surface area contributed by atoms with Crippen LogP contribution in [-0.2, 0) is 16.6 Å². The molecule has 0 saturated carbocycles. The number of hydrogen-bond donors (Lipinski definition) is 3. The van der Waals surface area contributed by atoms with Crippen molar-refractivity contribution in [1.29, 1.82) is 0 Å². The largest absolute Gasteiger partial charge is 0.491 e. The van der Waals surface area contributed by atoms with Gasteiger partial charge in [0, 0.05) is 22.7 Å². The number of ether oxygens (including phenoxy) is 2. The van der Waals surface area contributed by atoms with Crippen molar-refractivity contribution in [2.45, 2.75) is 38.5 Å². The number of fused-ring (bicyclic) bond motifs is 1. The predicted octanol–water partition coefficient (Wildman–Crippen LogP) is 7.91. The number of carbonyl (C=O) groups excluding carboxylic acids is 1. The van der Waals surface area contributed by atoms with Crippen LogP contribution in [0.1, 0.15) is 37.8 Å². The summed E-state index contributed by atoms with van der Waals surface area (Å²) in [6.07, 6.45) is -0.0192. The number of alkyl halides is 3. The summed E-state index contributed by atoms with van der Waals surface area (Å²) in [7, 11) is 2.09. The molecule has 1 saturated heterocycles. The molecule has 1 aliphatic rings. The minimum atomic E-state index is -4.55. The Morgan fingerprint density at radius 2 is 1.85 bits per heavy atom. The molecule has 1 aromatic heterocycles. The molecular weight excluding hydrogens is 635 g/mol. The Morgan fingerprint density at radius 1 is 1.11 bits per heavy atom. The van der Waals surface area contributed by atoms with Crippen molar-refractivity contribution in [3.05, 3.63) is 83.7 Å². The molecule has 0 spiro atoms. The smallest absolute Gasteiger partial charge is 0.416 e. The Bertz CT molecular complexity index is 1790. The lowest BCUT2D eigenvalue weighted by molar-refractivity contribution is -0.137. The van der Waals surface area contributed by atoms with E-state index in [0.717, 1.165) is 44.1 Å². The van der Waals surface area contributed by atoms with Crippen LogP contribution in [0.25, 0.3) is 10.9 Å². The molecule has 3 aromatic carbocycles. The van der Waals surface area contributed by atoms with Gasteiger partial charge in [0.05, 0.1) is 34.0 Å². The van der Waals surface area contributed by atoms with Crippen LogP contribution in [0.3, 0.4) is 0 Å². The van der Waals surface area contributed by atoms with E-state index in [0.29, 0.717) is 51.9 Å². The van der Waals surface area contributed by atoms with E-state index < -0.39 is 23.2 Å². The molecular formula is C34H35ClF3N5O4. The van der Waals surface area contributed by atoms with Crippen molar-refractivity contribution >= 4 is 45.6 Å². The molecule has 2 heterocycles. The molecule has 13 heteroatoms. The molecule has 0 radical (unpaired) electrons. The van der Waals surface area contributed by atoms with Gasteiger partial charge in [0.2, 0.25) is 5.91 Å². The van der Waals surface area contributed by atoms with Crippen molar-refractivity contribution in [2.75, 3.05) is 37.4 Å². The Balaban J connectivity index is 1.49. The highest BCUT2D eigenvalue weighted by molar-refractivity contribution is 6.32. The third kappa shape index (κ3) is 8.31. The zero-order valence-corrected chi connectivity index (χ0v) is 26.9. The number of aliphatic hydroxyl groups is 1.